The summed E-state index contributed by atoms with van der Waals surface area (Å²) in [6.45, 7) is 2.49. The lowest BCUT2D eigenvalue weighted by Crippen LogP contribution is -2.31. The number of carbonyl (C=O) groups excluding carboxylic acids is 2. The normalized spacial score (nSPS) is 14.8. The summed E-state index contributed by atoms with van der Waals surface area (Å²) in [5.41, 5.74) is 0.664. The first kappa shape index (κ1) is 15.8. The number of ether oxygens (including phenoxy) is 1. The van der Waals surface area contributed by atoms with Gasteiger partial charge in [0.05, 0.1) is 17.9 Å². The minimum atomic E-state index is -0.521. The van der Waals surface area contributed by atoms with Crippen LogP contribution in [0.1, 0.15) is 18.2 Å². The van der Waals surface area contributed by atoms with Gasteiger partial charge in [-0.2, -0.15) is 0 Å². The quantitative estimate of drug-likeness (QED) is 0.766. The molecular weight excluding hydrogens is 334 g/mol. The monoisotopic (exact) mass is 347 g/mol. The molecule has 0 atom stereocenters. The molecule has 0 spiro atoms. The molecule has 0 N–H and O–H groups in total. The molecule has 1 aromatic carbocycles. The number of amides is 2. The van der Waals surface area contributed by atoms with Gasteiger partial charge in [-0.3, -0.25) is 9.59 Å². The van der Waals surface area contributed by atoms with Crippen LogP contribution >= 0.6 is 22.9 Å². The fourth-order valence-electron chi connectivity index (χ4n) is 2.33. The lowest BCUT2D eigenvalue weighted by atomic mass is 10.2. The van der Waals surface area contributed by atoms with Crippen LogP contribution in [0.15, 0.2) is 46.8 Å². The maximum absolute atomic E-state index is 12.8. The van der Waals surface area contributed by atoms with Gasteiger partial charge in [0.1, 0.15) is 10.8 Å². The maximum atomic E-state index is 12.8. The standard InChI is InChI=1S/C17H14ClNO3S/c1-2-9-22-12-7-4-3-6-11(12)19-16(20)14(15(18)17(19)21)13-8-5-10-23-13/h3-8,10H,2,9H2,1H3. The molecule has 4 nitrogen and oxygen atoms in total. The summed E-state index contributed by atoms with van der Waals surface area (Å²) in [7, 11) is 0. The van der Waals surface area contributed by atoms with Gasteiger partial charge in [0.25, 0.3) is 11.8 Å². The SMILES string of the molecule is CCCOc1ccccc1N1C(=O)C(Cl)=C(c2cccs2)C1=O. The average Bonchev–Trinajstić information content (AvgIpc) is 3.14. The molecule has 0 bridgehead atoms. The zero-order valence-corrected chi connectivity index (χ0v) is 14.0. The minimum absolute atomic E-state index is 0.0530. The van der Waals surface area contributed by atoms with E-state index in [1.165, 1.54) is 11.3 Å². The third kappa shape index (κ3) is 2.78. The van der Waals surface area contributed by atoms with Gasteiger partial charge < -0.3 is 4.74 Å². The molecule has 0 aliphatic carbocycles. The van der Waals surface area contributed by atoms with Gasteiger partial charge in [-0.25, -0.2) is 4.90 Å². The van der Waals surface area contributed by atoms with E-state index in [0.717, 1.165) is 11.3 Å². The zero-order valence-electron chi connectivity index (χ0n) is 12.4. The van der Waals surface area contributed by atoms with Crippen molar-refractivity contribution in [1.29, 1.82) is 0 Å². The molecule has 3 rings (SSSR count). The lowest BCUT2D eigenvalue weighted by Gasteiger charge is -2.18. The molecule has 0 unspecified atom stereocenters. The number of thiophene rings is 1. The van der Waals surface area contributed by atoms with Crippen molar-refractivity contribution in [1.82, 2.24) is 0 Å². The molecule has 0 saturated heterocycles. The number of para-hydroxylation sites is 2. The fraction of sp³-hybridized carbons (Fsp3) is 0.176. The van der Waals surface area contributed by atoms with Crippen LogP contribution in [0.5, 0.6) is 5.75 Å². The summed E-state index contributed by atoms with van der Waals surface area (Å²) in [6.07, 6.45) is 0.829. The Balaban J connectivity index is 2.01. The van der Waals surface area contributed by atoms with E-state index < -0.39 is 11.8 Å². The first-order valence-electron chi connectivity index (χ1n) is 7.19. The summed E-state index contributed by atoms with van der Waals surface area (Å²) in [5, 5.41) is 1.79. The molecule has 2 aromatic rings. The molecular formula is C17H14ClNO3S. The largest absolute Gasteiger partial charge is 0.491 e. The predicted octanol–water partition coefficient (Wildman–Crippen LogP) is 4.06. The molecule has 0 saturated carbocycles. The number of imide groups is 1. The molecule has 2 heterocycles. The van der Waals surface area contributed by atoms with Crippen molar-refractivity contribution in [3.63, 3.8) is 0 Å². The van der Waals surface area contributed by atoms with E-state index >= 15 is 0 Å². The van der Waals surface area contributed by atoms with E-state index in [-0.39, 0.29) is 10.6 Å². The highest BCUT2D eigenvalue weighted by atomic mass is 35.5. The molecule has 1 aromatic heterocycles. The summed E-state index contributed by atoms with van der Waals surface area (Å²) in [4.78, 5) is 27.0. The van der Waals surface area contributed by atoms with E-state index in [0.29, 0.717) is 22.9 Å². The van der Waals surface area contributed by atoms with Crippen LogP contribution in [0.2, 0.25) is 0 Å². The Hall–Kier alpha value is -2.11. The highest BCUT2D eigenvalue weighted by molar-refractivity contribution is 7.11. The Morgan fingerprint density at radius 3 is 2.61 bits per heavy atom. The van der Waals surface area contributed by atoms with Crippen molar-refractivity contribution >= 4 is 46.0 Å². The minimum Gasteiger partial charge on any atom is -0.491 e. The van der Waals surface area contributed by atoms with Gasteiger partial charge in [-0.05, 0) is 30.0 Å². The van der Waals surface area contributed by atoms with Crippen molar-refractivity contribution in [2.45, 2.75) is 13.3 Å². The molecule has 6 heteroatoms. The summed E-state index contributed by atoms with van der Waals surface area (Å²) >= 11 is 7.52. The summed E-state index contributed by atoms with van der Waals surface area (Å²) in [6, 6.07) is 10.6. The van der Waals surface area contributed by atoms with Crippen molar-refractivity contribution in [2.75, 3.05) is 11.5 Å². The Kier molecular flexibility index (Phi) is 4.50. The van der Waals surface area contributed by atoms with Crippen LogP contribution < -0.4 is 9.64 Å². The van der Waals surface area contributed by atoms with Crippen molar-refractivity contribution in [2.24, 2.45) is 0 Å². The number of nitrogens with zero attached hydrogens (tertiary/aromatic N) is 1. The van der Waals surface area contributed by atoms with E-state index in [2.05, 4.69) is 0 Å². The topological polar surface area (TPSA) is 46.6 Å². The molecule has 0 radical (unpaired) electrons. The Labute approximate surface area is 142 Å². The molecule has 1 aliphatic heterocycles. The van der Waals surface area contributed by atoms with Crippen LogP contribution in [0.3, 0.4) is 0 Å². The Bertz CT molecular complexity index is 783. The van der Waals surface area contributed by atoms with Gasteiger partial charge in [0, 0.05) is 4.88 Å². The molecule has 1 aliphatic rings. The number of anilines is 1. The number of benzene rings is 1. The van der Waals surface area contributed by atoms with Gasteiger partial charge in [-0.1, -0.05) is 36.7 Å². The fourth-order valence-corrected chi connectivity index (χ4v) is 3.42. The van der Waals surface area contributed by atoms with E-state index in [1.807, 2.05) is 18.4 Å². The summed E-state index contributed by atoms with van der Waals surface area (Å²) in [5.74, 6) is -0.449. The second-order valence-corrected chi connectivity index (χ2v) is 6.25. The molecule has 23 heavy (non-hydrogen) atoms. The van der Waals surface area contributed by atoms with Crippen molar-refractivity contribution in [3.8, 4) is 5.75 Å². The number of carbonyl (C=O) groups is 2. The molecule has 0 fully saturated rings. The van der Waals surface area contributed by atoms with Crippen molar-refractivity contribution in [3.05, 3.63) is 51.7 Å². The van der Waals surface area contributed by atoms with Gasteiger partial charge >= 0.3 is 0 Å². The lowest BCUT2D eigenvalue weighted by molar-refractivity contribution is -0.119. The Morgan fingerprint density at radius 1 is 1.13 bits per heavy atom. The number of rotatable bonds is 5. The van der Waals surface area contributed by atoms with Gasteiger partial charge in [0.2, 0.25) is 0 Å². The molecule has 2 amide bonds. The number of hydrogen-bond donors (Lipinski definition) is 0. The van der Waals surface area contributed by atoms with Crippen LogP contribution in [0.4, 0.5) is 5.69 Å². The highest BCUT2D eigenvalue weighted by Gasteiger charge is 2.40. The average molecular weight is 348 g/mol. The van der Waals surface area contributed by atoms with Crippen LogP contribution in [-0.4, -0.2) is 18.4 Å². The number of halogens is 1. The highest BCUT2D eigenvalue weighted by Crippen LogP contribution is 2.39. The van der Waals surface area contributed by atoms with E-state index in [4.69, 9.17) is 16.3 Å². The van der Waals surface area contributed by atoms with Crippen LogP contribution in [0, 0.1) is 0 Å². The predicted molar refractivity (Wildman–Crippen MR) is 91.8 cm³/mol. The zero-order chi connectivity index (χ0) is 16.4. The first-order valence-corrected chi connectivity index (χ1v) is 8.45. The van der Waals surface area contributed by atoms with Crippen LogP contribution in [-0.2, 0) is 9.59 Å². The second-order valence-electron chi connectivity index (χ2n) is 4.93. The van der Waals surface area contributed by atoms with Crippen molar-refractivity contribution < 1.29 is 14.3 Å². The number of hydrogen-bond acceptors (Lipinski definition) is 4. The second kappa shape index (κ2) is 6.56. The van der Waals surface area contributed by atoms with E-state index in [9.17, 15) is 9.59 Å². The third-order valence-electron chi connectivity index (χ3n) is 3.36. The van der Waals surface area contributed by atoms with Crippen LogP contribution in [0.25, 0.3) is 5.57 Å². The molecule has 118 valence electrons. The van der Waals surface area contributed by atoms with E-state index in [1.54, 1.807) is 30.3 Å². The Morgan fingerprint density at radius 2 is 1.91 bits per heavy atom. The smallest absolute Gasteiger partial charge is 0.277 e. The van der Waals surface area contributed by atoms with Gasteiger partial charge in [0.15, 0.2) is 0 Å². The first-order chi connectivity index (χ1) is 11.1. The van der Waals surface area contributed by atoms with Gasteiger partial charge in [-0.15, -0.1) is 11.3 Å². The maximum Gasteiger partial charge on any atom is 0.277 e. The summed E-state index contributed by atoms with van der Waals surface area (Å²) < 4.78 is 5.65. The third-order valence-corrected chi connectivity index (χ3v) is 4.60.